The molecule has 0 aliphatic rings. The Hall–Kier alpha value is -3.36. The number of carbonyl (C=O) groups is 2. The van der Waals surface area contributed by atoms with Crippen molar-refractivity contribution in [1.82, 2.24) is 10.3 Å². The maximum absolute atomic E-state index is 12.6. The summed E-state index contributed by atoms with van der Waals surface area (Å²) in [6, 6.07) is 22.6. The second-order valence-electron chi connectivity index (χ2n) is 7.23. The van der Waals surface area contributed by atoms with Crippen LogP contribution in [0.15, 0.2) is 77.1 Å². The molecule has 0 spiro atoms. The second kappa shape index (κ2) is 11.0. The number of thioether (sulfide) groups is 1. The van der Waals surface area contributed by atoms with Crippen LogP contribution in [0.5, 0.6) is 5.75 Å². The fourth-order valence-corrected chi connectivity index (χ4v) is 5.06. The van der Waals surface area contributed by atoms with Crippen molar-refractivity contribution in [3.8, 4) is 5.75 Å². The molecule has 4 rings (SSSR count). The Labute approximate surface area is 200 Å². The molecule has 0 aliphatic carbocycles. The van der Waals surface area contributed by atoms with Crippen LogP contribution in [0.3, 0.4) is 0 Å². The summed E-state index contributed by atoms with van der Waals surface area (Å²) >= 11 is 2.90. The summed E-state index contributed by atoms with van der Waals surface area (Å²) in [5.74, 6) is 0.855. The van der Waals surface area contributed by atoms with Gasteiger partial charge in [-0.1, -0.05) is 48.2 Å². The molecule has 33 heavy (non-hydrogen) atoms. The number of aromatic nitrogens is 1. The molecule has 1 heterocycles. The van der Waals surface area contributed by atoms with Crippen molar-refractivity contribution in [3.63, 3.8) is 0 Å². The van der Waals surface area contributed by atoms with E-state index in [1.165, 1.54) is 23.1 Å². The molecule has 0 fully saturated rings. The number of benzene rings is 3. The first kappa shape index (κ1) is 22.8. The first-order valence-electron chi connectivity index (χ1n) is 10.4. The summed E-state index contributed by atoms with van der Waals surface area (Å²) in [5.41, 5.74) is 3.14. The van der Waals surface area contributed by atoms with Gasteiger partial charge in [-0.2, -0.15) is 0 Å². The Morgan fingerprint density at radius 1 is 1.03 bits per heavy atom. The van der Waals surface area contributed by atoms with Crippen LogP contribution in [0.2, 0.25) is 0 Å². The molecule has 0 unspecified atom stereocenters. The lowest BCUT2D eigenvalue weighted by atomic mass is 10.1. The summed E-state index contributed by atoms with van der Waals surface area (Å²) in [4.78, 5) is 29.3. The van der Waals surface area contributed by atoms with Crippen LogP contribution in [-0.2, 0) is 4.79 Å². The zero-order valence-electron chi connectivity index (χ0n) is 18.0. The van der Waals surface area contributed by atoms with Crippen LogP contribution in [0.4, 0.5) is 5.69 Å². The van der Waals surface area contributed by atoms with Gasteiger partial charge in [0, 0.05) is 11.3 Å². The molecular formula is C25H23N3O3S2. The molecule has 0 aliphatic heterocycles. The van der Waals surface area contributed by atoms with E-state index in [1.54, 1.807) is 0 Å². The SMILES string of the molecule is Cc1ccccc1C(=O)Nc1ccc2nc(SCC(=O)NCCOc3ccccc3)sc2c1. The average Bonchev–Trinajstić information content (AvgIpc) is 3.24. The summed E-state index contributed by atoms with van der Waals surface area (Å²) in [7, 11) is 0. The van der Waals surface area contributed by atoms with E-state index in [-0.39, 0.29) is 17.6 Å². The molecule has 168 valence electrons. The number of nitrogens with one attached hydrogen (secondary N) is 2. The molecular weight excluding hydrogens is 454 g/mol. The van der Waals surface area contributed by atoms with E-state index in [9.17, 15) is 9.59 Å². The predicted octanol–water partition coefficient (Wildman–Crippen LogP) is 5.14. The van der Waals surface area contributed by atoms with Gasteiger partial charge in [0.25, 0.3) is 5.91 Å². The van der Waals surface area contributed by atoms with Crippen LogP contribution < -0.4 is 15.4 Å². The van der Waals surface area contributed by atoms with Crippen molar-refractivity contribution in [2.75, 3.05) is 24.2 Å². The maximum Gasteiger partial charge on any atom is 0.255 e. The number of anilines is 1. The third kappa shape index (κ3) is 6.34. The van der Waals surface area contributed by atoms with Crippen LogP contribution in [0.1, 0.15) is 15.9 Å². The average molecular weight is 478 g/mol. The lowest BCUT2D eigenvalue weighted by Crippen LogP contribution is -2.29. The highest BCUT2D eigenvalue weighted by Gasteiger charge is 2.11. The molecule has 0 bridgehead atoms. The summed E-state index contributed by atoms with van der Waals surface area (Å²) in [5, 5.41) is 5.80. The van der Waals surface area contributed by atoms with Crippen molar-refractivity contribution < 1.29 is 14.3 Å². The number of fused-ring (bicyclic) bond motifs is 1. The lowest BCUT2D eigenvalue weighted by molar-refractivity contribution is -0.118. The van der Waals surface area contributed by atoms with Gasteiger partial charge in [-0.05, 0) is 48.9 Å². The third-order valence-electron chi connectivity index (χ3n) is 4.78. The minimum Gasteiger partial charge on any atom is -0.492 e. The topological polar surface area (TPSA) is 80.3 Å². The number of hydrogen-bond donors (Lipinski definition) is 2. The van der Waals surface area contributed by atoms with E-state index in [0.29, 0.717) is 24.4 Å². The number of ether oxygens (including phenoxy) is 1. The summed E-state index contributed by atoms with van der Waals surface area (Å²) in [6.07, 6.45) is 0. The van der Waals surface area contributed by atoms with Gasteiger partial charge in [-0.15, -0.1) is 11.3 Å². The van der Waals surface area contributed by atoms with Crippen molar-refractivity contribution in [2.45, 2.75) is 11.3 Å². The molecule has 6 nitrogen and oxygen atoms in total. The fraction of sp³-hybridized carbons (Fsp3) is 0.160. The summed E-state index contributed by atoms with van der Waals surface area (Å²) in [6.45, 7) is 2.77. The highest BCUT2D eigenvalue weighted by Crippen LogP contribution is 2.31. The molecule has 0 radical (unpaired) electrons. The Morgan fingerprint density at radius 3 is 2.64 bits per heavy atom. The van der Waals surface area contributed by atoms with Gasteiger partial charge in [-0.3, -0.25) is 9.59 Å². The van der Waals surface area contributed by atoms with E-state index < -0.39 is 0 Å². The standard InChI is InChI=1S/C25H23N3O3S2/c1-17-7-5-6-10-20(17)24(30)27-18-11-12-21-22(15-18)33-25(28-21)32-16-23(29)26-13-14-31-19-8-3-2-4-9-19/h2-12,15H,13-14,16H2,1H3,(H,26,29)(H,27,30). The van der Waals surface area contributed by atoms with Crippen molar-refractivity contribution in [3.05, 3.63) is 83.9 Å². The highest BCUT2D eigenvalue weighted by atomic mass is 32.2. The Balaban J connectivity index is 1.27. The van der Waals surface area contributed by atoms with E-state index in [0.717, 1.165) is 25.9 Å². The van der Waals surface area contributed by atoms with Gasteiger partial charge in [0.2, 0.25) is 5.91 Å². The molecule has 3 aromatic carbocycles. The van der Waals surface area contributed by atoms with Gasteiger partial charge in [0.15, 0.2) is 4.34 Å². The molecule has 8 heteroatoms. The second-order valence-corrected chi connectivity index (χ2v) is 9.48. The first-order chi connectivity index (χ1) is 16.1. The number of amides is 2. The number of carbonyl (C=O) groups excluding carboxylic acids is 2. The largest absolute Gasteiger partial charge is 0.492 e. The quantitative estimate of drug-likeness (QED) is 0.258. The minimum atomic E-state index is -0.139. The van der Waals surface area contributed by atoms with Crippen LogP contribution >= 0.6 is 23.1 Å². The molecule has 2 amide bonds. The van der Waals surface area contributed by atoms with Gasteiger partial charge in [0.1, 0.15) is 12.4 Å². The molecule has 0 saturated heterocycles. The Morgan fingerprint density at radius 2 is 1.82 bits per heavy atom. The van der Waals surface area contributed by atoms with Gasteiger partial charge in [0.05, 0.1) is 22.5 Å². The monoisotopic (exact) mass is 477 g/mol. The number of nitrogens with zero attached hydrogens (tertiary/aromatic N) is 1. The van der Waals surface area contributed by atoms with E-state index in [2.05, 4.69) is 15.6 Å². The van der Waals surface area contributed by atoms with E-state index in [4.69, 9.17) is 4.74 Å². The third-order valence-corrected chi connectivity index (χ3v) is 6.94. The zero-order valence-corrected chi connectivity index (χ0v) is 19.7. The van der Waals surface area contributed by atoms with Gasteiger partial charge >= 0.3 is 0 Å². The van der Waals surface area contributed by atoms with Crippen molar-refractivity contribution in [2.24, 2.45) is 0 Å². The Kier molecular flexibility index (Phi) is 7.59. The molecule has 2 N–H and O–H groups in total. The summed E-state index contributed by atoms with van der Waals surface area (Å²) < 4.78 is 7.33. The van der Waals surface area contributed by atoms with Crippen LogP contribution in [-0.4, -0.2) is 35.7 Å². The number of hydrogen-bond acceptors (Lipinski definition) is 6. The first-order valence-corrected chi connectivity index (χ1v) is 12.2. The lowest BCUT2D eigenvalue weighted by Gasteiger charge is -2.07. The zero-order chi connectivity index (χ0) is 23.0. The molecule has 4 aromatic rings. The van der Waals surface area contributed by atoms with Crippen LogP contribution in [0.25, 0.3) is 10.2 Å². The number of para-hydroxylation sites is 1. The molecule has 0 atom stereocenters. The molecule has 1 aromatic heterocycles. The maximum atomic E-state index is 12.6. The number of thiazole rings is 1. The minimum absolute atomic E-state index is 0.0675. The predicted molar refractivity (Wildman–Crippen MR) is 134 cm³/mol. The number of aryl methyl sites for hydroxylation is 1. The van der Waals surface area contributed by atoms with Gasteiger partial charge < -0.3 is 15.4 Å². The smallest absolute Gasteiger partial charge is 0.255 e. The van der Waals surface area contributed by atoms with E-state index >= 15 is 0 Å². The van der Waals surface area contributed by atoms with Crippen LogP contribution in [0, 0.1) is 6.92 Å². The van der Waals surface area contributed by atoms with Crippen molar-refractivity contribution >= 4 is 50.8 Å². The van der Waals surface area contributed by atoms with E-state index in [1.807, 2.05) is 79.7 Å². The fourth-order valence-electron chi connectivity index (χ4n) is 3.12. The number of rotatable bonds is 9. The Bertz CT molecular complexity index is 1260. The molecule has 0 saturated carbocycles. The highest BCUT2D eigenvalue weighted by molar-refractivity contribution is 8.01. The van der Waals surface area contributed by atoms with Gasteiger partial charge in [-0.25, -0.2) is 4.98 Å². The van der Waals surface area contributed by atoms with Crippen molar-refractivity contribution in [1.29, 1.82) is 0 Å². The normalized spacial score (nSPS) is 10.7.